The molecule has 0 spiro atoms. The summed E-state index contributed by atoms with van der Waals surface area (Å²) < 4.78 is 3.32. The number of thiophene rings is 1. The Bertz CT molecular complexity index is 1240. The van der Waals surface area contributed by atoms with Crippen LogP contribution < -0.4 is 5.73 Å². The fraction of sp³-hybridized carbons (Fsp3) is 0.435. The first-order valence-corrected chi connectivity index (χ1v) is 11.2. The Morgan fingerprint density at radius 1 is 1.10 bits per heavy atom. The van der Waals surface area contributed by atoms with Crippen molar-refractivity contribution >= 4 is 38.4 Å². The molecule has 0 aliphatic carbocycles. The van der Waals surface area contributed by atoms with Crippen molar-refractivity contribution in [3.8, 4) is 10.6 Å². The van der Waals surface area contributed by atoms with Crippen LogP contribution in [0.25, 0.3) is 31.8 Å². The van der Waals surface area contributed by atoms with Gasteiger partial charge in [0.2, 0.25) is 0 Å². The normalized spacial score (nSPS) is 18.6. The van der Waals surface area contributed by atoms with Crippen molar-refractivity contribution < 1.29 is 0 Å². The number of anilines is 1. The lowest BCUT2D eigenvalue weighted by atomic mass is 9.71. The molecule has 0 saturated carbocycles. The monoisotopic (exact) mass is 420 g/mol. The van der Waals surface area contributed by atoms with E-state index in [1.165, 1.54) is 0 Å². The van der Waals surface area contributed by atoms with Crippen LogP contribution in [0.15, 0.2) is 30.5 Å². The topological polar surface area (TPSA) is 72.9 Å². The zero-order chi connectivity index (χ0) is 21.3. The van der Waals surface area contributed by atoms with E-state index in [-0.39, 0.29) is 10.8 Å². The molecule has 2 N–H and O–H groups in total. The van der Waals surface area contributed by atoms with E-state index in [2.05, 4.69) is 60.2 Å². The zero-order valence-corrected chi connectivity index (χ0v) is 19.0. The molecule has 0 unspecified atom stereocenters. The molecule has 1 saturated heterocycles. The third kappa shape index (κ3) is 2.91. The highest BCUT2D eigenvalue weighted by Gasteiger charge is 2.45. The van der Waals surface area contributed by atoms with Gasteiger partial charge < -0.3 is 10.3 Å². The standard InChI is InChI=1S/C23H28N6S/c1-22(2)12-29(13-23(22,3)4)11-17-27-18-19(28(17)5)20-15(26-21(18)24)10-16(30-20)14-8-6-7-9-25-14/h6-10H,11-13H2,1-5H3,(H2,24,26). The number of imidazole rings is 1. The average molecular weight is 421 g/mol. The molecule has 5 heterocycles. The minimum Gasteiger partial charge on any atom is -0.382 e. The Hall–Kier alpha value is -2.51. The molecule has 1 fully saturated rings. The molecule has 30 heavy (non-hydrogen) atoms. The van der Waals surface area contributed by atoms with Crippen molar-refractivity contribution in [1.82, 2.24) is 24.4 Å². The molecule has 0 atom stereocenters. The molecule has 0 aromatic carbocycles. The number of nitrogen functional groups attached to an aromatic ring is 1. The second-order valence-electron chi connectivity index (χ2n) is 9.73. The van der Waals surface area contributed by atoms with Crippen LogP contribution in [-0.2, 0) is 13.6 Å². The lowest BCUT2D eigenvalue weighted by Gasteiger charge is -2.33. The first-order valence-electron chi connectivity index (χ1n) is 10.3. The molecule has 1 aliphatic heterocycles. The molecule has 6 nitrogen and oxygen atoms in total. The third-order valence-electron chi connectivity index (χ3n) is 6.95. The number of likely N-dealkylation sites (tertiary alicyclic amines) is 1. The first kappa shape index (κ1) is 19.5. The molecular formula is C23H28N6S. The zero-order valence-electron chi connectivity index (χ0n) is 18.2. The molecule has 1 aliphatic rings. The average Bonchev–Trinajstić information content (AvgIpc) is 3.29. The molecule has 4 aromatic heterocycles. The Morgan fingerprint density at radius 2 is 1.83 bits per heavy atom. The fourth-order valence-corrected chi connectivity index (χ4v) is 5.65. The highest BCUT2D eigenvalue weighted by atomic mass is 32.1. The summed E-state index contributed by atoms with van der Waals surface area (Å²) in [5, 5.41) is 0. The van der Waals surface area contributed by atoms with Crippen molar-refractivity contribution in [2.24, 2.45) is 17.9 Å². The van der Waals surface area contributed by atoms with Gasteiger partial charge in [-0.1, -0.05) is 33.8 Å². The van der Waals surface area contributed by atoms with Crippen molar-refractivity contribution in [2.45, 2.75) is 34.2 Å². The Morgan fingerprint density at radius 3 is 2.50 bits per heavy atom. The van der Waals surface area contributed by atoms with Crippen molar-refractivity contribution in [1.29, 1.82) is 0 Å². The van der Waals surface area contributed by atoms with Crippen LogP contribution in [0.3, 0.4) is 0 Å². The predicted molar refractivity (Wildman–Crippen MR) is 124 cm³/mol. The van der Waals surface area contributed by atoms with Gasteiger partial charge in [-0.2, -0.15) is 0 Å². The van der Waals surface area contributed by atoms with E-state index in [1.807, 2.05) is 24.4 Å². The quantitative estimate of drug-likeness (QED) is 0.520. The maximum Gasteiger partial charge on any atom is 0.152 e. The Labute approximate surface area is 180 Å². The number of fused-ring (bicyclic) bond motifs is 3. The van der Waals surface area contributed by atoms with Crippen molar-refractivity contribution in [3.63, 3.8) is 0 Å². The predicted octanol–water partition coefficient (Wildman–Crippen LogP) is 4.70. The number of hydrogen-bond donors (Lipinski definition) is 1. The Balaban J connectivity index is 1.59. The van der Waals surface area contributed by atoms with E-state index < -0.39 is 0 Å². The first-order chi connectivity index (χ1) is 14.2. The van der Waals surface area contributed by atoms with Gasteiger partial charge in [0.1, 0.15) is 11.3 Å². The second kappa shape index (κ2) is 6.49. The maximum absolute atomic E-state index is 6.34. The second-order valence-corrected chi connectivity index (χ2v) is 10.8. The summed E-state index contributed by atoms with van der Waals surface area (Å²) in [5.41, 5.74) is 10.6. The van der Waals surface area contributed by atoms with Gasteiger partial charge in [0.15, 0.2) is 5.82 Å². The summed E-state index contributed by atoms with van der Waals surface area (Å²) in [6, 6.07) is 8.04. The van der Waals surface area contributed by atoms with Gasteiger partial charge in [0.25, 0.3) is 0 Å². The SMILES string of the molecule is Cn1c(CN2CC(C)(C)C(C)(C)C2)nc2c(N)nc3cc(-c4ccccn4)sc3c21. The largest absolute Gasteiger partial charge is 0.382 e. The van der Waals surface area contributed by atoms with E-state index in [4.69, 9.17) is 10.7 Å². The van der Waals surface area contributed by atoms with Crippen LogP contribution in [0.5, 0.6) is 0 Å². The smallest absolute Gasteiger partial charge is 0.152 e. The van der Waals surface area contributed by atoms with Crippen LogP contribution in [-0.4, -0.2) is 37.5 Å². The number of nitrogens with two attached hydrogens (primary N) is 1. The molecule has 0 bridgehead atoms. The molecule has 7 heteroatoms. The third-order valence-corrected chi connectivity index (χ3v) is 8.10. The lowest BCUT2D eigenvalue weighted by molar-refractivity contribution is 0.184. The summed E-state index contributed by atoms with van der Waals surface area (Å²) in [6.45, 7) is 12.4. The van der Waals surface area contributed by atoms with E-state index in [1.54, 1.807) is 11.3 Å². The maximum atomic E-state index is 6.34. The number of aryl methyl sites for hydroxylation is 1. The molecule has 0 amide bonds. The van der Waals surface area contributed by atoms with Crippen LogP contribution in [0, 0.1) is 10.8 Å². The van der Waals surface area contributed by atoms with E-state index in [9.17, 15) is 0 Å². The van der Waals surface area contributed by atoms with Crippen LogP contribution in [0.4, 0.5) is 5.82 Å². The fourth-order valence-electron chi connectivity index (χ4n) is 4.49. The molecule has 156 valence electrons. The van der Waals surface area contributed by atoms with Gasteiger partial charge in [-0.15, -0.1) is 11.3 Å². The van der Waals surface area contributed by atoms with Crippen LogP contribution in [0.1, 0.15) is 33.5 Å². The molecule has 5 rings (SSSR count). The summed E-state index contributed by atoms with van der Waals surface area (Å²) in [7, 11) is 2.09. The minimum atomic E-state index is 0.275. The molecular weight excluding hydrogens is 392 g/mol. The number of hydrogen-bond acceptors (Lipinski definition) is 6. The van der Waals surface area contributed by atoms with Gasteiger partial charge in [-0.05, 0) is 29.0 Å². The van der Waals surface area contributed by atoms with Gasteiger partial charge in [-0.3, -0.25) is 9.88 Å². The number of pyridine rings is 2. The van der Waals surface area contributed by atoms with Gasteiger partial charge in [0.05, 0.1) is 32.8 Å². The van der Waals surface area contributed by atoms with E-state index >= 15 is 0 Å². The van der Waals surface area contributed by atoms with Crippen molar-refractivity contribution in [3.05, 3.63) is 36.3 Å². The highest BCUT2D eigenvalue weighted by Crippen LogP contribution is 2.45. The highest BCUT2D eigenvalue weighted by molar-refractivity contribution is 7.23. The Kier molecular flexibility index (Phi) is 4.21. The van der Waals surface area contributed by atoms with Crippen LogP contribution >= 0.6 is 11.3 Å². The number of nitrogens with zero attached hydrogens (tertiary/aromatic N) is 5. The summed E-state index contributed by atoms with van der Waals surface area (Å²) in [6.07, 6.45) is 1.82. The van der Waals surface area contributed by atoms with Crippen molar-refractivity contribution in [2.75, 3.05) is 18.8 Å². The summed E-state index contributed by atoms with van der Waals surface area (Å²) >= 11 is 1.70. The number of aromatic nitrogens is 4. The number of rotatable bonds is 3. The van der Waals surface area contributed by atoms with Gasteiger partial charge in [0, 0.05) is 26.3 Å². The molecule has 4 aromatic rings. The summed E-state index contributed by atoms with van der Waals surface area (Å²) in [5.74, 6) is 1.53. The minimum absolute atomic E-state index is 0.275. The molecule has 0 radical (unpaired) electrons. The van der Waals surface area contributed by atoms with Gasteiger partial charge >= 0.3 is 0 Å². The lowest BCUT2D eigenvalue weighted by Crippen LogP contribution is -2.30. The summed E-state index contributed by atoms with van der Waals surface area (Å²) in [4.78, 5) is 17.7. The van der Waals surface area contributed by atoms with Crippen LogP contribution in [0.2, 0.25) is 0 Å². The van der Waals surface area contributed by atoms with E-state index in [0.717, 1.165) is 57.3 Å². The van der Waals surface area contributed by atoms with Gasteiger partial charge in [-0.25, -0.2) is 9.97 Å². The van der Waals surface area contributed by atoms with E-state index in [0.29, 0.717) is 5.82 Å².